The lowest BCUT2D eigenvalue weighted by Gasteiger charge is -2.34. The van der Waals surface area contributed by atoms with E-state index >= 15 is 0 Å². The monoisotopic (exact) mass is 368 g/mol. The van der Waals surface area contributed by atoms with Gasteiger partial charge in [0.15, 0.2) is 5.76 Å². The summed E-state index contributed by atoms with van der Waals surface area (Å²) in [7, 11) is 0. The maximum Gasteiger partial charge on any atom is 0.289 e. The normalized spacial score (nSPS) is 13.9. The first-order valence-corrected chi connectivity index (χ1v) is 8.57. The minimum absolute atomic E-state index is 0.189. The molecule has 1 saturated heterocycles. The molecular weight excluding hydrogens is 348 g/mol. The Labute approximate surface area is 156 Å². The highest BCUT2D eigenvalue weighted by atomic mass is 16.3. The molecule has 3 amide bonds. The first kappa shape index (κ1) is 18.4. The Balaban J connectivity index is 1.61. The maximum absolute atomic E-state index is 12.7. The third-order valence-corrected chi connectivity index (χ3v) is 4.23. The van der Waals surface area contributed by atoms with Gasteiger partial charge in [-0.25, -0.2) is 0 Å². The van der Waals surface area contributed by atoms with E-state index in [9.17, 15) is 14.4 Å². The lowest BCUT2D eigenvalue weighted by molar-refractivity contribution is 0.0515. The fourth-order valence-electron chi connectivity index (χ4n) is 2.79. The van der Waals surface area contributed by atoms with E-state index in [1.54, 1.807) is 34.1 Å². The van der Waals surface area contributed by atoms with E-state index in [2.05, 4.69) is 16.9 Å². The van der Waals surface area contributed by atoms with E-state index in [0.29, 0.717) is 38.3 Å². The van der Waals surface area contributed by atoms with Crippen LogP contribution in [0, 0.1) is 0 Å². The highest BCUT2D eigenvalue weighted by Gasteiger charge is 2.27. The predicted molar refractivity (Wildman–Crippen MR) is 97.3 cm³/mol. The number of hydrogen-bond acceptors (Lipinski definition) is 5. The molecule has 1 N–H and O–H groups in total. The van der Waals surface area contributed by atoms with Crippen molar-refractivity contribution in [3.05, 3.63) is 66.4 Å². The Bertz CT molecular complexity index is 839. The summed E-state index contributed by atoms with van der Waals surface area (Å²) in [6, 6.07) is 6.31. The smallest absolute Gasteiger partial charge is 0.289 e. The number of nitrogens with one attached hydrogen (secondary N) is 1. The average Bonchev–Trinajstić information content (AvgIpc) is 3.26. The summed E-state index contributed by atoms with van der Waals surface area (Å²) in [5.74, 6) is -0.459. The molecule has 0 bridgehead atoms. The van der Waals surface area contributed by atoms with E-state index in [4.69, 9.17) is 4.42 Å². The van der Waals surface area contributed by atoms with Crippen LogP contribution in [0.2, 0.25) is 0 Å². The Morgan fingerprint density at radius 3 is 2.48 bits per heavy atom. The summed E-state index contributed by atoms with van der Waals surface area (Å²) in [5.41, 5.74) is 0.564. The Morgan fingerprint density at radius 1 is 1.15 bits per heavy atom. The van der Waals surface area contributed by atoms with E-state index < -0.39 is 0 Å². The minimum Gasteiger partial charge on any atom is -0.459 e. The van der Waals surface area contributed by atoms with Crippen LogP contribution in [0.15, 0.2) is 53.8 Å². The van der Waals surface area contributed by atoms with Gasteiger partial charge >= 0.3 is 0 Å². The molecule has 0 aliphatic carbocycles. The summed E-state index contributed by atoms with van der Waals surface area (Å²) in [5, 5.41) is 2.66. The second-order valence-electron chi connectivity index (χ2n) is 5.99. The zero-order chi connectivity index (χ0) is 19.2. The molecule has 3 heterocycles. The largest absolute Gasteiger partial charge is 0.459 e. The van der Waals surface area contributed by atoms with Gasteiger partial charge in [-0.15, -0.1) is 6.58 Å². The van der Waals surface area contributed by atoms with Crippen LogP contribution < -0.4 is 5.32 Å². The number of nitrogens with zero attached hydrogens (tertiary/aromatic N) is 3. The predicted octanol–water partition coefficient (Wildman–Crippen LogP) is 1.19. The van der Waals surface area contributed by atoms with Gasteiger partial charge in [-0.05, 0) is 24.3 Å². The Morgan fingerprint density at radius 2 is 1.85 bits per heavy atom. The van der Waals surface area contributed by atoms with Crippen molar-refractivity contribution in [2.24, 2.45) is 0 Å². The van der Waals surface area contributed by atoms with Crippen LogP contribution in [-0.2, 0) is 0 Å². The zero-order valence-corrected chi connectivity index (χ0v) is 14.8. The van der Waals surface area contributed by atoms with Gasteiger partial charge in [-0.3, -0.25) is 19.4 Å². The summed E-state index contributed by atoms with van der Waals surface area (Å²) < 4.78 is 5.13. The number of carbonyl (C=O) groups excluding carboxylic acids is 3. The van der Waals surface area contributed by atoms with Gasteiger partial charge in [0.25, 0.3) is 17.7 Å². The van der Waals surface area contributed by atoms with Crippen molar-refractivity contribution >= 4 is 17.7 Å². The fourth-order valence-corrected chi connectivity index (χ4v) is 2.79. The van der Waals surface area contributed by atoms with Crippen molar-refractivity contribution in [3.8, 4) is 0 Å². The van der Waals surface area contributed by atoms with Crippen LogP contribution in [0.5, 0.6) is 0 Å². The third-order valence-electron chi connectivity index (χ3n) is 4.23. The minimum atomic E-state index is -0.291. The molecule has 1 aliphatic rings. The number of amides is 3. The topological polar surface area (TPSA) is 95.8 Å². The average molecular weight is 368 g/mol. The third kappa shape index (κ3) is 4.22. The van der Waals surface area contributed by atoms with Crippen molar-refractivity contribution < 1.29 is 18.8 Å². The summed E-state index contributed by atoms with van der Waals surface area (Å²) in [6.45, 7) is 5.48. The Hall–Kier alpha value is -3.42. The van der Waals surface area contributed by atoms with Crippen molar-refractivity contribution in [2.75, 3.05) is 32.7 Å². The lowest BCUT2D eigenvalue weighted by atomic mass is 10.2. The number of piperazine rings is 1. The number of hydrogen-bond donors (Lipinski definition) is 1. The van der Waals surface area contributed by atoms with Crippen LogP contribution in [0.1, 0.15) is 31.4 Å². The van der Waals surface area contributed by atoms with Gasteiger partial charge in [0.1, 0.15) is 5.69 Å². The van der Waals surface area contributed by atoms with Gasteiger partial charge in [0.2, 0.25) is 0 Å². The van der Waals surface area contributed by atoms with Crippen molar-refractivity contribution in [2.45, 2.75) is 0 Å². The highest BCUT2D eigenvalue weighted by molar-refractivity contribution is 5.98. The number of furan rings is 1. The van der Waals surface area contributed by atoms with Crippen molar-refractivity contribution in [1.29, 1.82) is 0 Å². The number of rotatable bonds is 5. The molecule has 1 fully saturated rings. The maximum atomic E-state index is 12.7. The first-order chi connectivity index (χ1) is 13.1. The van der Waals surface area contributed by atoms with Crippen LogP contribution in [0.4, 0.5) is 0 Å². The standard InChI is InChI=1S/C19H20N4O4/c1-2-6-21-17(24)14-5-7-20-15(13-14)18(25)22-8-10-23(11-9-22)19(26)16-4-3-12-27-16/h2-5,7,12-13H,1,6,8-11H2,(H,21,24). The summed E-state index contributed by atoms with van der Waals surface area (Å²) in [4.78, 5) is 44.3. The summed E-state index contributed by atoms with van der Waals surface area (Å²) >= 11 is 0. The summed E-state index contributed by atoms with van der Waals surface area (Å²) in [6.07, 6.45) is 4.47. The molecule has 0 spiro atoms. The van der Waals surface area contributed by atoms with Gasteiger partial charge in [-0.2, -0.15) is 0 Å². The van der Waals surface area contributed by atoms with Crippen LogP contribution in [-0.4, -0.2) is 65.2 Å². The lowest BCUT2D eigenvalue weighted by Crippen LogP contribution is -2.50. The van der Waals surface area contributed by atoms with Crippen LogP contribution in [0.25, 0.3) is 0 Å². The molecule has 2 aromatic rings. The van der Waals surface area contributed by atoms with E-state index in [1.165, 1.54) is 18.5 Å². The van der Waals surface area contributed by atoms with Crippen LogP contribution in [0.3, 0.4) is 0 Å². The van der Waals surface area contributed by atoms with Crippen molar-refractivity contribution in [3.63, 3.8) is 0 Å². The molecule has 0 aromatic carbocycles. The fraction of sp³-hybridized carbons (Fsp3) is 0.263. The van der Waals surface area contributed by atoms with Gasteiger partial charge in [-0.1, -0.05) is 6.08 Å². The van der Waals surface area contributed by atoms with E-state index in [1.807, 2.05) is 0 Å². The SMILES string of the molecule is C=CCNC(=O)c1ccnc(C(=O)N2CCN(C(=O)c3ccco3)CC2)c1. The molecule has 0 unspecified atom stereocenters. The molecule has 8 nitrogen and oxygen atoms in total. The Kier molecular flexibility index (Phi) is 5.65. The van der Waals surface area contributed by atoms with Gasteiger partial charge in [0, 0.05) is 44.5 Å². The van der Waals surface area contributed by atoms with Gasteiger partial charge in [0.05, 0.1) is 6.26 Å². The quantitative estimate of drug-likeness (QED) is 0.800. The van der Waals surface area contributed by atoms with Gasteiger partial charge < -0.3 is 19.5 Å². The van der Waals surface area contributed by atoms with Crippen LogP contribution >= 0.6 is 0 Å². The molecule has 27 heavy (non-hydrogen) atoms. The van der Waals surface area contributed by atoms with Crippen molar-refractivity contribution in [1.82, 2.24) is 20.1 Å². The molecule has 8 heteroatoms. The van der Waals surface area contributed by atoms with E-state index in [-0.39, 0.29) is 29.2 Å². The van der Waals surface area contributed by atoms with E-state index in [0.717, 1.165) is 0 Å². The molecule has 140 valence electrons. The zero-order valence-electron chi connectivity index (χ0n) is 14.8. The second kappa shape index (κ2) is 8.31. The number of aromatic nitrogens is 1. The highest BCUT2D eigenvalue weighted by Crippen LogP contribution is 2.12. The number of carbonyl (C=O) groups is 3. The molecule has 2 aromatic heterocycles. The molecular formula is C19H20N4O4. The molecule has 0 atom stereocenters. The molecule has 0 radical (unpaired) electrons. The second-order valence-corrected chi connectivity index (χ2v) is 5.99. The molecule has 3 rings (SSSR count). The first-order valence-electron chi connectivity index (χ1n) is 8.57. The molecule has 1 aliphatic heterocycles. The number of pyridine rings is 1. The molecule has 0 saturated carbocycles.